The molecular formula is C12H17FN2O2. The fourth-order valence-corrected chi connectivity index (χ4v) is 1.64. The van der Waals surface area contributed by atoms with Gasteiger partial charge in [-0.05, 0) is 18.6 Å². The van der Waals surface area contributed by atoms with Crippen molar-refractivity contribution in [3.8, 4) is 0 Å². The zero-order valence-corrected chi connectivity index (χ0v) is 10.0. The first-order chi connectivity index (χ1) is 7.99. The summed E-state index contributed by atoms with van der Waals surface area (Å²) in [5.41, 5.74) is 5.45. The Hall–Kier alpha value is -1.78. The number of unbranched alkanes of at least 4 members (excludes halogenated alkanes) is 1. The molecule has 0 aliphatic rings. The van der Waals surface area contributed by atoms with Crippen LogP contribution in [0.1, 0.15) is 30.1 Å². The second kappa shape index (κ2) is 5.52. The van der Waals surface area contributed by atoms with Crippen LogP contribution in [0.2, 0.25) is 0 Å². The van der Waals surface area contributed by atoms with Gasteiger partial charge in [0.2, 0.25) is 0 Å². The van der Waals surface area contributed by atoms with E-state index in [-0.39, 0.29) is 11.3 Å². The van der Waals surface area contributed by atoms with Crippen molar-refractivity contribution >= 4 is 17.3 Å². The van der Waals surface area contributed by atoms with Crippen LogP contribution in [0.15, 0.2) is 12.1 Å². The average Bonchev–Trinajstić information content (AvgIpc) is 2.28. The maximum Gasteiger partial charge on any atom is 0.340 e. The molecule has 4 nitrogen and oxygen atoms in total. The van der Waals surface area contributed by atoms with Crippen LogP contribution in [0.25, 0.3) is 0 Å². The normalized spacial score (nSPS) is 10.3. The lowest BCUT2D eigenvalue weighted by molar-refractivity contribution is 0.0698. The second-order valence-electron chi connectivity index (χ2n) is 3.94. The smallest absolute Gasteiger partial charge is 0.340 e. The number of halogens is 1. The first-order valence-electron chi connectivity index (χ1n) is 5.51. The number of carboxylic acids is 1. The van der Waals surface area contributed by atoms with Gasteiger partial charge in [-0.3, -0.25) is 0 Å². The molecule has 5 heteroatoms. The highest BCUT2D eigenvalue weighted by atomic mass is 19.1. The van der Waals surface area contributed by atoms with E-state index >= 15 is 0 Å². The molecule has 0 spiro atoms. The predicted molar refractivity (Wildman–Crippen MR) is 65.9 cm³/mol. The van der Waals surface area contributed by atoms with E-state index in [2.05, 4.69) is 0 Å². The van der Waals surface area contributed by atoms with Crippen LogP contribution in [0.4, 0.5) is 15.8 Å². The Bertz CT molecular complexity index is 421. The van der Waals surface area contributed by atoms with Crippen LogP contribution in [-0.4, -0.2) is 24.7 Å². The molecular weight excluding hydrogens is 223 g/mol. The molecule has 0 saturated heterocycles. The lowest BCUT2D eigenvalue weighted by Crippen LogP contribution is -2.22. The van der Waals surface area contributed by atoms with Gasteiger partial charge in [-0.1, -0.05) is 13.3 Å². The zero-order chi connectivity index (χ0) is 13.0. The first-order valence-corrected chi connectivity index (χ1v) is 5.51. The van der Waals surface area contributed by atoms with Crippen molar-refractivity contribution in [1.29, 1.82) is 0 Å². The highest BCUT2D eigenvalue weighted by molar-refractivity contribution is 6.00. The van der Waals surface area contributed by atoms with Gasteiger partial charge >= 0.3 is 5.97 Å². The largest absolute Gasteiger partial charge is 0.478 e. The Kier molecular flexibility index (Phi) is 4.31. The lowest BCUT2D eigenvalue weighted by Gasteiger charge is -2.21. The maximum absolute atomic E-state index is 13.2. The fourth-order valence-electron chi connectivity index (χ4n) is 1.64. The summed E-state index contributed by atoms with van der Waals surface area (Å²) in [5, 5.41) is 9.07. The third-order valence-electron chi connectivity index (χ3n) is 2.64. The van der Waals surface area contributed by atoms with Crippen molar-refractivity contribution in [1.82, 2.24) is 0 Å². The van der Waals surface area contributed by atoms with Crippen molar-refractivity contribution in [2.24, 2.45) is 0 Å². The first kappa shape index (κ1) is 13.3. The van der Waals surface area contributed by atoms with Gasteiger partial charge in [-0.15, -0.1) is 0 Å². The second-order valence-corrected chi connectivity index (χ2v) is 3.94. The number of nitrogens with zero attached hydrogens (tertiary/aromatic N) is 1. The fraction of sp³-hybridized carbons (Fsp3) is 0.417. The molecule has 0 radical (unpaired) electrons. The van der Waals surface area contributed by atoms with Crippen LogP contribution in [0.5, 0.6) is 0 Å². The average molecular weight is 240 g/mol. The van der Waals surface area contributed by atoms with E-state index in [9.17, 15) is 9.18 Å². The van der Waals surface area contributed by atoms with Crippen LogP contribution >= 0.6 is 0 Å². The highest BCUT2D eigenvalue weighted by Gasteiger charge is 2.19. The number of benzene rings is 1. The molecule has 3 N–H and O–H groups in total. The Morgan fingerprint density at radius 2 is 2.18 bits per heavy atom. The molecule has 0 amide bonds. The Balaban J connectivity index is 3.15. The number of hydrogen-bond acceptors (Lipinski definition) is 3. The van der Waals surface area contributed by atoms with Crippen molar-refractivity contribution in [2.75, 3.05) is 24.2 Å². The number of hydrogen-bond donors (Lipinski definition) is 2. The molecule has 1 aromatic carbocycles. The highest BCUT2D eigenvalue weighted by Crippen LogP contribution is 2.27. The van der Waals surface area contributed by atoms with Gasteiger partial charge in [0.1, 0.15) is 11.4 Å². The molecule has 0 bridgehead atoms. The minimum absolute atomic E-state index is 0.163. The molecule has 94 valence electrons. The monoisotopic (exact) mass is 240 g/mol. The summed E-state index contributed by atoms with van der Waals surface area (Å²) in [6, 6.07) is 2.64. The van der Waals surface area contributed by atoms with Gasteiger partial charge in [0, 0.05) is 13.6 Å². The molecule has 0 heterocycles. The maximum atomic E-state index is 13.2. The van der Waals surface area contributed by atoms with Gasteiger partial charge in [-0.25, -0.2) is 9.18 Å². The van der Waals surface area contributed by atoms with E-state index < -0.39 is 11.8 Å². The van der Waals surface area contributed by atoms with Crippen molar-refractivity contribution < 1.29 is 14.3 Å². The summed E-state index contributed by atoms with van der Waals surface area (Å²) in [6.45, 7) is 2.76. The Morgan fingerprint density at radius 1 is 1.53 bits per heavy atom. The number of rotatable bonds is 5. The van der Waals surface area contributed by atoms with E-state index in [4.69, 9.17) is 10.8 Å². The molecule has 0 unspecified atom stereocenters. The molecule has 1 rings (SSSR count). The Morgan fingerprint density at radius 3 is 2.71 bits per heavy atom. The van der Waals surface area contributed by atoms with Gasteiger partial charge in [0.25, 0.3) is 0 Å². The summed E-state index contributed by atoms with van der Waals surface area (Å²) in [7, 11) is 1.77. The molecule has 0 aliphatic carbocycles. The van der Waals surface area contributed by atoms with Gasteiger partial charge in [0.05, 0.1) is 11.4 Å². The molecule has 0 aliphatic heterocycles. The minimum Gasteiger partial charge on any atom is -0.478 e. The van der Waals surface area contributed by atoms with Gasteiger partial charge in [-0.2, -0.15) is 0 Å². The lowest BCUT2D eigenvalue weighted by atomic mass is 10.1. The van der Waals surface area contributed by atoms with Crippen molar-refractivity contribution in [2.45, 2.75) is 19.8 Å². The van der Waals surface area contributed by atoms with E-state index in [1.165, 1.54) is 12.1 Å². The van der Waals surface area contributed by atoms with E-state index in [0.717, 1.165) is 12.8 Å². The number of anilines is 2. The minimum atomic E-state index is -1.21. The van der Waals surface area contributed by atoms with E-state index in [0.29, 0.717) is 12.2 Å². The molecule has 17 heavy (non-hydrogen) atoms. The molecule has 0 fully saturated rings. The summed E-state index contributed by atoms with van der Waals surface area (Å²) < 4.78 is 13.2. The number of nitrogens with two attached hydrogens (primary N) is 1. The molecule has 1 aromatic rings. The summed E-state index contributed by atoms with van der Waals surface area (Å²) in [6.07, 6.45) is 1.94. The van der Waals surface area contributed by atoms with Crippen LogP contribution in [-0.2, 0) is 0 Å². The zero-order valence-electron chi connectivity index (χ0n) is 10.0. The quantitative estimate of drug-likeness (QED) is 0.775. The number of nitrogen functional groups attached to an aromatic ring is 1. The van der Waals surface area contributed by atoms with E-state index in [1.807, 2.05) is 6.92 Å². The summed E-state index contributed by atoms with van der Waals surface area (Å²) >= 11 is 0. The van der Waals surface area contributed by atoms with E-state index in [1.54, 1.807) is 11.9 Å². The summed E-state index contributed by atoms with van der Waals surface area (Å²) in [4.78, 5) is 12.9. The van der Waals surface area contributed by atoms with Crippen LogP contribution in [0.3, 0.4) is 0 Å². The molecule has 0 atom stereocenters. The standard InChI is InChI=1S/C12H17FN2O2/c1-3-4-7-15(2)9-6-5-8(13)11(14)10(9)12(16)17/h5-6H,3-4,7,14H2,1-2H3,(H,16,17). The summed E-state index contributed by atoms with van der Waals surface area (Å²) in [5.74, 6) is -1.91. The van der Waals surface area contributed by atoms with Crippen molar-refractivity contribution in [3.05, 3.63) is 23.5 Å². The Labute approximate surface area is 99.8 Å². The molecule has 0 saturated carbocycles. The predicted octanol–water partition coefficient (Wildman–Crippen LogP) is 2.34. The van der Waals surface area contributed by atoms with Crippen LogP contribution < -0.4 is 10.6 Å². The third-order valence-corrected chi connectivity index (χ3v) is 2.64. The third kappa shape index (κ3) is 2.87. The topological polar surface area (TPSA) is 66.6 Å². The molecule has 0 aromatic heterocycles. The SMILES string of the molecule is CCCCN(C)c1ccc(F)c(N)c1C(=O)O. The van der Waals surface area contributed by atoms with Gasteiger partial charge < -0.3 is 15.7 Å². The van der Waals surface area contributed by atoms with Gasteiger partial charge in [0.15, 0.2) is 0 Å². The number of carbonyl (C=O) groups is 1. The van der Waals surface area contributed by atoms with Crippen molar-refractivity contribution in [3.63, 3.8) is 0 Å². The number of carboxylic acid groups (broad SMARTS) is 1. The number of aromatic carboxylic acids is 1. The van der Waals surface area contributed by atoms with Crippen LogP contribution in [0, 0.1) is 5.82 Å².